The first kappa shape index (κ1) is 20.2. The maximum Gasteiger partial charge on any atom is 0.175 e. The lowest BCUT2D eigenvalue weighted by atomic mass is 10.1. The highest BCUT2D eigenvalue weighted by Crippen LogP contribution is 2.24. The Kier molecular flexibility index (Phi) is 6.99. The number of hydrogen-bond acceptors (Lipinski definition) is 4. The first-order valence-electron chi connectivity index (χ1n) is 8.44. The van der Waals surface area contributed by atoms with Crippen LogP contribution in [0.3, 0.4) is 0 Å². The Morgan fingerprint density at radius 3 is 2.35 bits per heavy atom. The fourth-order valence-electron chi connectivity index (χ4n) is 2.54. The summed E-state index contributed by atoms with van der Waals surface area (Å²) in [4.78, 5) is 0.308. The zero-order valence-electron chi connectivity index (χ0n) is 15.2. The SMILES string of the molecule is CCOc1ccccc1NC(=S)NC(CC)c1ccc(S(C)(=O)=O)cc1. The number of anilines is 1. The second-order valence-corrected chi connectivity index (χ2v) is 8.25. The number of rotatable bonds is 7. The van der Waals surface area contributed by atoms with Gasteiger partial charge in [-0.2, -0.15) is 0 Å². The Morgan fingerprint density at radius 2 is 1.77 bits per heavy atom. The van der Waals surface area contributed by atoms with Crippen LogP contribution in [0.1, 0.15) is 31.9 Å². The zero-order chi connectivity index (χ0) is 19.2. The zero-order valence-corrected chi connectivity index (χ0v) is 16.8. The minimum Gasteiger partial charge on any atom is -0.492 e. The molecule has 0 aliphatic heterocycles. The molecule has 0 amide bonds. The van der Waals surface area contributed by atoms with Crippen molar-refractivity contribution in [2.75, 3.05) is 18.2 Å². The van der Waals surface area contributed by atoms with Crippen molar-refractivity contribution in [1.82, 2.24) is 5.32 Å². The number of sulfone groups is 1. The smallest absolute Gasteiger partial charge is 0.175 e. The molecule has 2 N–H and O–H groups in total. The first-order valence-corrected chi connectivity index (χ1v) is 10.7. The number of ether oxygens (including phenoxy) is 1. The summed E-state index contributed by atoms with van der Waals surface area (Å²) >= 11 is 5.43. The van der Waals surface area contributed by atoms with Gasteiger partial charge in [-0.25, -0.2) is 8.42 Å². The molecule has 0 aromatic heterocycles. The molecule has 0 heterocycles. The summed E-state index contributed by atoms with van der Waals surface area (Å²) in [5.74, 6) is 0.740. The van der Waals surface area contributed by atoms with Gasteiger partial charge in [0.1, 0.15) is 5.75 Å². The van der Waals surface area contributed by atoms with Crippen molar-refractivity contribution in [3.05, 3.63) is 54.1 Å². The largest absolute Gasteiger partial charge is 0.492 e. The summed E-state index contributed by atoms with van der Waals surface area (Å²) in [5, 5.41) is 6.92. The average Bonchev–Trinajstić information content (AvgIpc) is 2.61. The van der Waals surface area contributed by atoms with Gasteiger partial charge in [0, 0.05) is 6.26 Å². The van der Waals surface area contributed by atoms with E-state index in [1.807, 2.05) is 50.2 Å². The second-order valence-electron chi connectivity index (χ2n) is 5.83. The van der Waals surface area contributed by atoms with Crippen molar-refractivity contribution in [3.63, 3.8) is 0 Å². The van der Waals surface area contributed by atoms with Gasteiger partial charge >= 0.3 is 0 Å². The van der Waals surface area contributed by atoms with E-state index in [2.05, 4.69) is 10.6 Å². The molecule has 0 radical (unpaired) electrons. The van der Waals surface area contributed by atoms with Gasteiger partial charge in [-0.15, -0.1) is 0 Å². The fraction of sp³-hybridized carbons (Fsp3) is 0.316. The van der Waals surface area contributed by atoms with Gasteiger partial charge in [0.15, 0.2) is 14.9 Å². The van der Waals surface area contributed by atoms with Crippen LogP contribution in [0.25, 0.3) is 0 Å². The standard InChI is InChI=1S/C19H24N2O3S2/c1-4-16(14-10-12-15(13-11-14)26(3,22)23)20-19(25)21-17-8-6-7-9-18(17)24-5-2/h6-13,16H,4-5H2,1-3H3,(H2,20,21,25). The molecule has 140 valence electrons. The summed E-state index contributed by atoms with van der Waals surface area (Å²) < 4.78 is 28.8. The maximum absolute atomic E-state index is 11.6. The molecule has 1 unspecified atom stereocenters. The van der Waals surface area contributed by atoms with Crippen LogP contribution in [0, 0.1) is 0 Å². The third kappa shape index (κ3) is 5.44. The van der Waals surface area contributed by atoms with E-state index in [0.717, 1.165) is 23.4 Å². The van der Waals surface area contributed by atoms with Crippen LogP contribution in [0.2, 0.25) is 0 Å². The van der Waals surface area contributed by atoms with Crippen molar-refractivity contribution in [1.29, 1.82) is 0 Å². The number of benzene rings is 2. The van der Waals surface area contributed by atoms with Gasteiger partial charge in [-0.3, -0.25) is 0 Å². The molecule has 0 fully saturated rings. The Labute approximate surface area is 160 Å². The van der Waals surface area contributed by atoms with Crippen LogP contribution in [-0.2, 0) is 9.84 Å². The first-order chi connectivity index (χ1) is 12.3. The maximum atomic E-state index is 11.6. The average molecular weight is 393 g/mol. The van der Waals surface area contributed by atoms with Crippen molar-refractivity contribution >= 4 is 32.9 Å². The molecule has 0 aliphatic carbocycles. The van der Waals surface area contributed by atoms with Crippen molar-refractivity contribution in [2.45, 2.75) is 31.2 Å². The minimum atomic E-state index is -3.20. The third-order valence-corrected chi connectivity index (χ3v) is 5.21. The van der Waals surface area contributed by atoms with E-state index >= 15 is 0 Å². The van der Waals surface area contributed by atoms with E-state index in [9.17, 15) is 8.42 Å². The van der Waals surface area contributed by atoms with E-state index in [4.69, 9.17) is 17.0 Å². The molecular formula is C19H24N2O3S2. The van der Waals surface area contributed by atoms with Gasteiger partial charge in [0.05, 0.1) is 23.2 Å². The molecule has 0 saturated heterocycles. The molecule has 0 saturated carbocycles. The second kappa shape index (κ2) is 9.00. The van der Waals surface area contributed by atoms with Crippen molar-refractivity contribution in [2.24, 2.45) is 0 Å². The van der Waals surface area contributed by atoms with Gasteiger partial charge in [-0.05, 0) is 55.4 Å². The molecule has 5 nitrogen and oxygen atoms in total. The normalized spacial score (nSPS) is 12.3. The number of para-hydroxylation sites is 2. The Bertz CT molecular complexity index is 849. The van der Waals surface area contributed by atoms with Gasteiger partial charge in [-0.1, -0.05) is 31.2 Å². The highest BCUT2D eigenvalue weighted by molar-refractivity contribution is 7.90. The summed E-state index contributed by atoms with van der Waals surface area (Å²) in [6.07, 6.45) is 2.00. The highest BCUT2D eigenvalue weighted by Gasteiger charge is 2.13. The molecule has 2 aromatic carbocycles. The van der Waals surface area contributed by atoms with E-state index in [1.54, 1.807) is 12.1 Å². The molecule has 26 heavy (non-hydrogen) atoms. The molecule has 0 bridgehead atoms. The fourth-order valence-corrected chi connectivity index (χ4v) is 3.42. The van der Waals surface area contributed by atoms with Gasteiger partial charge < -0.3 is 15.4 Å². The van der Waals surface area contributed by atoms with Crippen LogP contribution in [-0.4, -0.2) is 26.4 Å². The topological polar surface area (TPSA) is 67.4 Å². The summed E-state index contributed by atoms with van der Waals surface area (Å²) in [7, 11) is -3.20. The molecule has 2 aromatic rings. The van der Waals surface area contributed by atoms with Gasteiger partial charge in [0.2, 0.25) is 0 Å². The predicted octanol–water partition coefficient (Wildman–Crippen LogP) is 3.93. The van der Waals surface area contributed by atoms with Crippen LogP contribution in [0.4, 0.5) is 5.69 Å². The Hall–Kier alpha value is -2.12. The van der Waals surface area contributed by atoms with Crippen LogP contribution in [0.15, 0.2) is 53.4 Å². The predicted molar refractivity (Wildman–Crippen MR) is 110 cm³/mol. The lowest BCUT2D eigenvalue weighted by molar-refractivity contribution is 0.342. The minimum absolute atomic E-state index is 0.0251. The lowest BCUT2D eigenvalue weighted by Crippen LogP contribution is -2.32. The van der Waals surface area contributed by atoms with Crippen molar-refractivity contribution in [3.8, 4) is 5.75 Å². The molecule has 1 atom stereocenters. The monoisotopic (exact) mass is 392 g/mol. The molecule has 7 heteroatoms. The number of hydrogen-bond donors (Lipinski definition) is 2. The molecule has 0 aliphatic rings. The summed E-state index contributed by atoms with van der Waals surface area (Å²) in [6, 6.07) is 14.5. The molecule has 2 rings (SSSR count). The van der Waals surface area contributed by atoms with Gasteiger partial charge in [0.25, 0.3) is 0 Å². The van der Waals surface area contributed by atoms with E-state index in [1.165, 1.54) is 6.26 Å². The highest BCUT2D eigenvalue weighted by atomic mass is 32.2. The number of thiocarbonyl (C=S) groups is 1. The van der Waals surface area contributed by atoms with Crippen molar-refractivity contribution < 1.29 is 13.2 Å². The lowest BCUT2D eigenvalue weighted by Gasteiger charge is -2.21. The molecule has 0 spiro atoms. The van der Waals surface area contributed by atoms with Crippen LogP contribution < -0.4 is 15.4 Å². The van der Waals surface area contributed by atoms with E-state index in [0.29, 0.717) is 16.6 Å². The van der Waals surface area contributed by atoms with Crippen LogP contribution >= 0.6 is 12.2 Å². The summed E-state index contributed by atoms with van der Waals surface area (Å²) in [6.45, 7) is 4.54. The molecular weight excluding hydrogens is 368 g/mol. The summed E-state index contributed by atoms with van der Waals surface area (Å²) in [5.41, 5.74) is 1.77. The quantitative estimate of drug-likeness (QED) is 0.696. The number of nitrogens with one attached hydrogen (secondary N) is 2. The van der Waals surface area contributed by atoms with E-state index in [-0.39, 0.29) is 6.04 Å². The Morgan fingerprint density at radius 1 is 1.12 bits per heavy atom. The third-order valence-electron chi connectivity index (χ3n) is 3.86. The van der Waals surface area contributed by atoms with Crippen LogP contribution in [0.5, 0.6) is 5.75 Å². The van der Waals surface area contributed by atoms with E-state index < -0.39 is 9.84 Å². The Balaban J connectivity index is 2.09.